The van der Waals surface area contributed by atoms with E-state index >= 15 is 0 Å². The molecule has 0 aromatic heterocycles. The quantitative estimate of drug-likeness (QED) is 0.190. The van der Waals surface area contributed by atoms with Gasteiger partial charge >= 0.3 is 0 Å². The van der Waals surface area contributed by atoms with Crippen LogP contribution in [0.25, 0.3) is 0 Å². The van der Waals surface area contributed by atoms with Crippen molar-refractivity contribution >= 4 is 12.6 Å². The molecule has 2 rings (SSSR count). The van der Waals surface area contributed by atoms with Crippen molar-refractivity contribution in [2.24, 2.45) is 5.92 Å². The maximum absolute atomic E-state index is 5.99. The molecule has 0 saturated heterocycles. The van der Waals surface area contributed by atoms with Crippen LogP contribution in [0.5, 0.6) is 5.75 Å². The largest absolute Gasteiger partial charge is 0.494 e. The lowest BCUT2D eigenvalue weighted by Gasteiger charge is -2.29. The Morgan fingerprint density at radius 2 is 1.33 bits per heavy atom. The molecule has 2 heteroatoms. The van der Waals surface area contributed by atoms with E-state index in [0.717, 1.165) is 29.9 Å². The minimum Gasteiger partial charge on any atom is -0.494 e. The minimum atomic E-state index is 0.777. The van der Waals surface area contributed by atoms with Crippen LogP contribution in [-0.2, 0) is 0 Å². The first kappa shape index (κ1) is 25.6. The first-order valence-corrected chi connectivity index (χ1v) is 13.8. The van der Waals surface area contributed by atoms with Crippen molar-refractivity contribution in [3.63, 3.8) is 0 Å². The fraction of sp³-hybridized carbons (Fsp3) is 0.786. The molecule has 172 valence electrons. The Labute approximate surface area is 193 Å². The fourth-order valence-electron chi connectivity index (χ4n) is 4.95. The van der Waals surface area contributed by atoms with Crippen LogP contribution < -0.4 is 4.74 Å². The predicted molar refractivity (Wildman–Crippen MR) is 136 cm³/mol. The van der Waals surface area contributed by atoms with Gasteiger partial charge in [0, 0.05) is 0 Å². The highest BCUT2D eigenvalue weighted by Gasteiger charge is 2.21. The summed E-state index contributed by atoms with van der Waals surface area (Å²) >= 11 is 4.27. The summed E-state index contributed by atoms with van der Waals surface area (Å²) in [4.78, 5) is 0. The van der Waals surface area contributed by atoms with Gasteiger partial charge in [0.25, 0.3) is 0 Å². The lowest BCUT2D eigenvalue weighted by atomic mass is 9.77. The Balaban J connectivity index is 1.50. The Hall–Kier alpha value is -0.630. The van der Waals surface area contributed by atoms with Gasteiger partial charge in [-0.05, 0) is 73.8 Å². The summed E-state index contributed by atoms with van der Waals surface area (Å²) in [6.07, 6.45) is 23.3. The number of thiol groups is 1. The van der Waals surface area contributed by atoms with Crippen LogP contribution in [0.1, 0.15) is 128 Å². The van der Waals surface area contributed by atoms with Crippen LogP contribution in [0.3, 0.4) is 0 Å². The number of unbranched alkanes of at least 4 members (excludes halogenated alkanes) is 10. The summed E-state index contributed by atoms with van der Waals surface area (Å²) in [5.41, 5.74) is 1.53. The van der Waals surface area contributed by atoms with Gasteiger partial charge in [-0.3, -0.25) is 0 Å². The van der Waals surface area contributed by atoms with E-state index in [1.165, 1.54) is 115 Å². The van der Waals surface area contributed by atoms with Gasteiger partial charge in [-0.2, -0.15) is 12.6 Å². The molecule has 0 unspecified atom stereocenters. The Bertz CT molecular complexity index is 504. The SMILES string of the molecule is CCCCCC1CCC(c2ccc(OCCCCCCCCCCCS)cc2)CC1. The van der Waals surface area contributed by atoms with E-state index < -0.39 is 0 Å². The fourth-order valence-corrected chi connectivity index (χ4v) is 5.17. The smallest absolute Gasteiger partial charge is 0.119 e. The van der Waals surface area contributed by atoms with Crippen molar-refractivity contribution in [2.45, 2.75) is 122 Å². The summed E-state index contributed by atoms with van der Waals surface area (Å²) in [6.45, 7) is 3.17. The molecule has 0 spiro atoms. The Morgan fingerprint density at radius 1 is 0.733 bits per heavy atom. The van der Waals surface area contributed by atoms with Crippen LogP contribution in [-0.4, -0.2) is 12.4 Å². The summed E-state index contributed by atoms with van der Waals surface area (Å²) < 4.78 is 5.99. The molecule has 30 heavy (non-hydrogen) atoms. The molecular formula is C28H48OS. The van der Waals surface area contributed by atoms with Crippen LogP contribution >= 0.6 is 12.6 Å². The van der Waals surface area contributed by atoms with Crippen molar-refractivity contribution in [3.05, 3.63) is 29.8 Å². The van der Waals surface area contributed by atoms with Gasteiger partial charge in [-0.25, -0.2) is 0 Å². The Kier molecular flexibility index (Phi) is 14.5. The summed E-state index contributed by atoms with van der Waals surface area (Å²) in [5.74, 6) is 3.87. The molecule has 1 fully saturated rings. The van der Waals surface area contributed by atoms with E-state index in [0.29, 0.717) is 0 Å². The van der Waals surface area contributed by atoms with Crippen molar-refractivity contribution in [3.8, 4) is 5.75 Å². The van der Waals surface area contributed by atoms with E-state index in [-0.39, 0.29) is 0 Å². The number of ether oxygens (including phenoxy) is 1. The predicted octanol–water partition coefficient (Wildman–Crippen LogP) is 9.36. The first-order valence-electron chi connectivity index (χ1n) is 13.2. The van der Waals surface area contributed by atoms with Crippen molar-refractivity contribution in [1.82, 2.24) is 0 Å². The molecule has 0 N–H and O–H groups in total. The lowest BCUT2D eigenvalue weighted by Crippen LogP contribution is -2.13. The average molecular weight is 433 g/mol. The molecule has 1 aliphatic rings. The number of rotatable bonds is 17. The molecule has 0 atom stereocenters. The molecule has 0 heterocycles. The van der Waals surface area contributed by atoms with Gasteiger partial charge < -0.3 is 4.74 Å². The van der Waals surface area contributed by atoms with E-state index in [1.54, 1.807) is 0 Å². The van der Waals surface area contributed by atoms with Gasteiger partial charge in [-0.1, -0.05) is 89.7 Å². The van der Waals surface area contributed by atoms with Crippen molar-refractivity contribution in [1.29, 1.82) is 0 Å². The van der Waals surface area contributed by atoms with Crippen LogP contribution in [0.4, 0.5) is 0 Å². The van der Waals surface area contributed by atoms with Crippen LogP contribution in [0.2, 0.25) is 0 Å². The monoisotopic (exact) mass is 432 g/mol. The maximum Gasteiger partial charge on any atom is 0.119 e. The van der Waals surface area contributed by atoms with Crippen LogP contribution in [0.15, 0.2) is 24.3 Å². The van der Waals surface area contributed by atoms with Gasteiger partial charge in [0.05, 0.1) is 6.61 Å². The second-order valence-corrected chi connectivity index (χ2v) is 9.98. The van der Waals surface area contributed by atoms with Gasteiger partial charge in [0.1, 0.15) is 5.75 Å². The van der Waals surface area contributed by atoms with Gasteiger partial charge in [0.15, 0.2) is 0 Å². The van der Waals surface area contributed by atoms with Crippen LogP contribution in [0, 0.1) is 5.92 Å². The second-order valence-electron chi connectivity index (χ2n) is 9.54. The topological polar surface area (TPSA) is 9.23 Å². The third-order valence-electron chi connectivity index (χ3n) is 6.99. The zero-order valence-corrected chi connectivity index (χ0v) is 20.6. The molecular weight excluding hydrogens is 384 g/mol. The third kappa shape index (κ3) is 11.1. The molecule has 1 saturated carbocycles. The molecule has 1 aromatic rings. The van der Waals surface area contributed by atoms with E-state index in [4.69, 9.17) is 4.74 Å². The normalized spacial score (nSPS) is 19.1. The van der Waals surface area contributed by atoms with E-state index in [9.17, 15) is 0 Å². The third-order valence-corrected chi connectivity index (χ3v) is 7.30. The molecule has 0 radical (unpaired) electrons. The number of hydrogen-bond donors (Lipinski definition) is 1. The standard InChI is InChI=1S/C28H48OS/c1-2-3-11-14-25-15-17-26(18-16-25)27-19-21-28(22-20-27)29-23-12-9-7-5-4-6-8-10-13-24-30/h19-22,25-26,30H,2-18,23-24H2,1H3. The average Bonchev–Trinajstić information content (AvgIpc) is 2.79. The number of benzene rings is 1. The second kappa shape index (κ2) is 17.0. The molecule has 1 aromatic carbocycles. The maximum atomic E-state index is 5.99. The van der Waals surface area contributed by atoms with Gasteiger partial charge in [0.2, 0.25) is 0 Å². The summed E-state index contributed by atoms with van der Waals surface area (Å²) in [7, 11) is 0. The zero-order chi connectivity index (χ0) is 21.3. The molecule has 0 amide bonds. The summed E-state index contributed by atoms with van der Waals surface area (Å²) in [6, 6.07) is 9.05. The first-order chi connectivity index (χ1) is 14.8. The minimum absolute atomic E-state index is 0.777. The highest BCUT2D eigenvalue weighted by molar-refractivity contribution is 7.80. The summed E-state index contributed by atoms with van der Waals surface area (Å²) in [5, 5.41) is 0. The molecule has 1 nitrogen and oxygen atoms in total. The zero-order valence-electron chi connectivity index (χ0n) is 19.8. The highest BCUT2D eigenvalue weighted by atomic mass is 32.1. The molecule has 0 aliphatic heterocycles. The van der Waals surface area contributed by atoms with Gasteiger partial charge in [-0.15, -0.1) is 0 Å². The lowest BCUT2D eigenvalue weighted by molar-refractivity contribution is 0.299. The van der Waals surface area contributed by atoms with E-state index in [2.05, 4.69) is 43.8 Å². The van der Waals surface area contributed by atoms with E-state index in [1.807, 2.05) is 0 Å². The molecule has 0 bridgehead atoms. The highest BCUT2D eigenvalue weighted by Crippen LogP contribution is 2.38. The van der Waals surface area contributed by atoms with Crippen molar-refractivity contribution in [2.75, 3.05) is 12.4 Å². The Morgan fingerprint density at radius 3 is 1.93 bits per heavy atom. The number of hydrogen-bond acceptors (Lipinski definition) is 2. The van der Waals surface area contributed by atoms with Crippen molar-refractivity contribution < 1.29 is 4.74 Å². The molecule has 1 aliphatic carbocycles.